The molecule has 0 bridgehead atoms. The first-order valence-corrected chi connectivity index (χ1v) is 7.15. The lowest BCUT2D eigenvalue weighted by molar-refractivity contribution is -0.171. The van der Waals surface area contributed by atoms with Gasteiger partial charge >= 0.3 is 5.97 Å². The topological polar surface area (TPSA) is 49.8 Å². The Morgan fingerprint density at radius 3 is 2.75 bits per heavy atom. The van der Waals surface area contributed by atoms with Crippen molar-refractivity contribution in [3.8, 4) is 0 Å². The minimum absolute atomic E-state index is 0.00133. The maximum absolute atomic E-state index is 11.1. The monoisotopic (exact) mass is 277 g/mol. The second-order valence-corrected chi connectivity index (χ2v) is 5.92. The highest BCUT2D eigenvalue weighted by atomic mass is 16.5. The molecule has 0 aliphatic carbocycles. The van der Waals surface area contributed by atoms with Crippen LogP contribution < -0.4 is 0 Å². The average Bonchev–Trinajstić information content (AvgIpc) is 2.39. The quantitative estimate of drug-likeness (QED) is 0.898. The number of ether oxygens (including phenoxy) is 1. The molecule has 0 saturated carbocycles. The van der Waals surface area contributed by atoms with Crippen molar-refractivity contribution in [3.63, 3.8) is 0 Å². The summed E-state index contributed by atoms with van der Waals surface area (Å²) in [4.78, 5) is 13.5. The van der Waals surface area contributed by atoms with Gasteiger partial charge in [0.15, 0.2) is 5.60 Å². The maximum Gasteiger partial charge on any atom is 0.335 e. The molecule has 1 saturated heterocycles. The first kappa shape index (κ1) is 15.0. The van der Waals surface area contributed by atoms with E-state index in [-0.39, 0.29) is 6.10 Å². The van der Waals surface area contributed by atoms with E-state index in [0.29, 0.717) is 0 Å². The van der Waals surface area contributed by atoms with Crippen LogP contribution in [0.25, 0.3) is 0 Å². The number of hydrogen-bond donors (Lipinski definition) is 1. The van der Waals surface area contributed by atoms with Crippen molar-refractivity contribution in [2.75, 3.05) is 13.1 Å². The van der Waals surface area contributed by atoms with Crippen LogP contribution in [0.3, 0.4) is 0 Å². The standard InChI is InChI=1S/C16H23NO3/c1-16(2,15(18)19)20-14-9-6-10-17(12-14)11-13-7-4-3-5-8-13/h3-5,7-8,14H,6,9-12H2,1-2H3,(H,18,19)/t14-/m1/s1. The van der Waals surface area contributed by atoms with Crippen molar-refractivity contribution >= 4 is 5.97 Å². The Balaban J connectivity index is 1.90. The zero-order chi connectivity index (χ0) is 14.6. The van der Waals surface area contributed by atoms with Crippen molar-refractivity contribution in [2.45, 2.75) is 44.9 Å². The molecule has 1 N–H and O–H groups in total. The van der Waals surface area contributed by atoms with Crippen LogP contribution in [0.5, 0.6) is 0 Å². The Morgan fingerprint density at radius 2 is 2.10 bits per heavy atom. The molecule has 0 unspecified atom stereocenters. The molecule has 0 amide bonds. The predicted octanol–water partition coefficient (Wildman–Crippen LogP) is 2.53. The van der Waals surface area contributed by atoms with E-state index >= 15 is 0 Å². The summed E-state index contributed by atoms with van der Waals surface area (Å²) < 4.78 is 5.77. The minimum atomic E-state index is -1.11. The van der Waals surface area contributed by atoms with E-state index in [4.69, 9.17) is 9.84 Å². The Kier molecular flexibility index (Phi) is 4.78. The molecule has 20 heavy (non-hydrogen) atoms. The van der Waals surface area contributed by atoms with Crippen LogP contribution in [-0.4, -0.2) is 40.8 Å². The molecule has 4 heteroatoms. The Labute approximate surface area is 120 Å². The van der Waals surface area contributed by atoms with Crippen LogP contribution in [0.1, 0.15) is 32.3 Å². The summed E-state index contributed by atoms with van der Waals surface area (Å²) in [6.07, 6.45) is 1.98. The number of likely N-dealkylation sites (tertiary alicyclic amines) is 1. The molecule has 1 aromatic rings. The molecular weight excluding hydrogens is 254 g/mol. The van der Waals surface area contributed by atoms with Crippen LogP contribution in [0.4, 0.5) is 0 Å². The highest BCUT2D eigenvalue weighted by Crippen LogP contribution is 2.21. The predicted molar refractivity (Wildman–Crippen MR) is 77.5 cm³/mol. The highest BCUT2D eigenvalue weighted by Gasteiger charge is 2.33. The summed E-state index contributed by atoms with van der Waals surface area (Å²) in [7, 11) is 0. The van der Waals surface area contributed by atoms with Gasteiger partial charge in [-0.2, -0.15) is 0 Å². The van der Waals surface area contributed by atoms with E-state index in [1.807, 2.05) is 18.2 Å². The maximum atomic E-state index is 11.1. The lowest BCUT2D eigenvalue weighted by atomic mass is 10.0. The molecule has 1 atom stereocenters. The lowest BCUT2D eigenvalue weighted by Crippen LogP contribution is -2.45. The fourth-order valence-corrected chi connectivity index (χ4v) is 2.56. The summed E-state index contributed by atoms with van der Waals surface area (Å²) in [6, 6.07) is 10.3. The van der Waals surface area contributed by atoms with Gasteiger partial charge in [0.05, 0.1) is 6.10 Å². The number of rotatable bonds is 5. The molecule has 0 spiro atoms. The molecule has 2 rings (SSSR count). The van der Waals surface area contributed by atoms with Crippen LogP contribution >= 0.6 is 0 Å². The number of piperidine rings is 1. The Bertz CT molecular complexity index is 444. The average molecular weight is 277 g/mol. The molecule has 1 aliphatic rings. The van der Waals surface area contributed by atoms with Crippen LogP contribution in [0.2, 0.25) is 0 Å². The third-order valence-corrected chi connectivity index (χ3v) is 3.69. The van der Waals surface area contributed by atoms with Crippen molar-refractivity contribution in [2.24, 2.45) is 0 Å². The minimum Gasteiger partial charge on any atom is -0.479 e. The van der Waals surface area contributed by atoms with Crippen molar-refractivity contribution in [3.05, 3.63) is 35.9 Å². The van der Waals surface area contributed by atoms with E-state index in [1.165, 1.54) is 5.56 Å². The fourth-order valence-electron chi connectivity index (χ4n) is 2.56. The van der Waals surface area contributed by atoms with Gasteiger partial charge in [0.1, 0.15) is 0 Å². The molecule has 1 aliphatic heterocycles. The summed E-state index contributed by atoms with van der Waals surface area (Å²) in [5.74, 6) is -0.905. The van der Waals surface area contributed by atoms with Gasteiger partial charge in [-0.1, -0.05) is 30.3 Å². The van der Waals surface area contributed by atoms with E-state index in [1.54, 1.807) is 13.8 Å². The summed E-state index contributed by atoms with van der Waals surface area (Å²) in [6.45, 7) is 5.97. The zero-order valence-corrected chi connectivity index (χ0v) is 12.2. The number of aliphatic carboxylic acids is 1. The number of hydrogen-bond acceptors (Lipinski definition) is 3. The van der Waals surface area contributed by atoms with Gasteiger partial charge in [-0.05, 0) is 38.8 Å². The first-order valence-electron chi connectivity index (χ1n) is 7.15. The van der Waals surface area contributed by atoms with Crippen LogP contribution in [0.15, 0.2) is 30.3 Å². The van der Waals surface area contributed by atoms with Gasteiger partial charge in [-0.3, -0.25) is 4.90 Å². The largest absolute Gasteiger partial charge is 0.479 e. The smallest absolute Gasteiger partial charge is 0.335 e. The SMILES string of the molecule is CC(C)(O[C@@H]1CCCN(Cc2ccccc2)C1)C(=O)O. The van der Waals surface area contributed by atoms with Crippen LogP contribution in [0, 0.1) is 0 Å². The van der Waals surface area contributed by atoms with Crippen LogP contribution in [-0.2, 0) is 16.1 Å². The van der Waals surface area contributed by atoms with E-state index in [2.05, 4.69) is 17.0 Å². The molecule has 1 aromatic carbocycles. The molecule has 4 nitrogen and oxygen atoms in total. The number of carbonyl (C=O) groups is 1. The summed E-state index contributed by atoms with van der Waals surface area (Å²) in [5.41, 5.74) is 0.172. The molecule has 1 heterocycles. The second-order valence-electron chi connectivity index (χ2n) is 5.92. The fraction of sp³-hybridized carbons (Fsp3) is 0.562. The van der Waals surface area contributed by atoms with Gasteiger partial charge in [0, 0.05) is 13.1 Å². The van der Waals surface area contributed by atoms with Gasteiger partial charge < -0.3 is 9.84 Å². The Hall–Kier alpha value is -1.39. The zero-order valence-electron chi connectivity index (χ0n) is 12.2. The van der Waals surface area contributed by atoms with Crippen molar-refractivity contribution < 1.29 is 14.6 Å². The molecular formula is C16H23NO3. The van der Waals surface area contributed by atoms with Gasteiger partial charge in [0.25, 0.3) is 0 Å². The van der Waals surface area contributed by atoms with E-state index in [9.17, 15) is 4.79 Å². The highest BCUT2D eigenvalue weighted by molar-refractivity contribution is 5.76. The number of carboxylic acid groups (broad SMARTS) is 1. The summed E-state index contributed by atoms with van der Waals surface area (Å²) >= 11 is 0. The van der Waals surface area contributed by atoms with Crippen molar-refractivity contribution in [1.29, 1.82) is 0 Å². The van der Waals surface area contributed by atoms with Gasteiger partial charge in [-0.15, -0.1) is 0 Å². The third-order valence-electron chi connectivity index (χ3n) is 3.69. The molecule has 110 valence electrons. The normalized spacial score (nSPS) is 20.8. The van der Waals surface area contributed by atoms with E-state index in [0.717, 1.165) is 32.5 Å². The third kappa shape index (κ3) is 4.05. The number of nitrogens with zero attached hydrogens (tertiary/aromatic N) is 1. The lowest BCUT2D eigenvalue weighted by Gasteiger charge is -2.36. The molecule has 0 aromatic heterocycles. The van der Waals surface area contributed by atoms with Gasteiger partial charge in [0.2, 0.25) is 0 Å². The number of carboxylic acids is 1. The molecule has 1 fully saturated rings. The first-order chi connectivity index (χ1) is 9.47. The van der Waals surface area contributed by atoms with E-state index < -0.39 is 11.6 Å². The molecule has 0 radical (unpaired) electrons. The summed E-state index contributed by atoms with van der Waals surface area (Å²) in [5, 5.41) is 9.13. The number of benzene rings is 1. The Morgan fingerprint density at radius 1 is 1.40 bits per heavy atom. The van der Waals surface area contributed by atoms with Gasteiger partial charge in [-0.25, -0.2) is 4.79 Å². The second kappa shape index (κ2) is 6.37. The van der Waals surface area contributed by atoms with Crippen molar-refractivity contribution in [1.82, 2.24) is 4.90 Å².